The first kappa shape index (κ1) is 24.7. The molecular weight excluding hydrogens is 601 g/mol. The van der Waals surface area contributed by atoms with E-state index in [1.807, 2.05) is 24.3 Å². The number of nitrogens with two attached hydrogens (primary N) is 1. The van der Waals surface area contributed by atoms with Crippen LogP contribution in [0.1, 0.15) is 26.3 Å². The van der Waals surface area contributed by atoms with E-state index in [0.29, 0.717) is 21.8 Å². The van der Waals surface area contributed by atoms with E-state index in [0.717, 1.165) is 11.1 Å². The molecule has 3 atom stereocenters. The average Bonchev–Trinajstić information content (AvgIpc) is 3.37. The zero-order chi connectivity index (χ0) is 24.9. The summed E-state index contributed by atoms with van der Waals surface area (Å²) in [6.45, 7) is -0.0883. The number of nitrogens with one attached hydrogen (secondary N) is 1. The minimum atomic E-state index is -4.18. The average molecular weight is 623 g/mol. The fourth-order valence-electron chi connectivity index (χ4n) is 4.63. The molecule has 1 saturated heterocycles. The monoisotopic (exact) mass is 622 g/mol. The summed E-state index contributed by atoms with van der Waals surface area (Å²) in [4.78, 5) is 27.9. The number of rotatable bonds is 6. The third-order valence-corrected chi connectivity index (χ3v) is 11.8. The van der Waals surface area contributed by atoms with Crippen LogP contribution >= 0.6 is 15.9 Å². The van der Waals surface area contributed by atoms with Crippen LogP contribution in [-0.4, -0.2) is 80.9 Å². The third-order valence-electron chi connectivity index (χ3n) is 6.30. The number of hydrogen-bond donors (Lipinski definition) is 3. The van der Waals surface area contributed by atoms with Crippen LogP contribution in [0.3, 0.4) is 0 Å². The number of amides is 1. The second-order valence-electron chi connectivity index (χ2n) is 8.49. The molecule has 183 valence electrons. The molecule has 1 aromatic heterocycles. The van der Waals surface area contributed by atoms with E-state index in [-0.39, 0.29) is 39.6 Å². The predicted molar refractivity (Wildman–Crippen MR) is 133 cm³/mol. The van der Waals surface area contributed by atoms with Crippen molar-refractivity contribution in [1.82, 2.24) is 9.29 Å². The molecule has 1 amide bonds. The van der Waals surface area contributed by atoms with E-state index in [4.69, 9.17) is 10.5 Å². The number of primary amides is 1. The molecule has 0 bridgehead atoms. The van der Waals surface area contributed by atoms with Gasteiger partial charge in [-0.3, -0.25) is 0 Å². The fourth-order valence-corrected chi connectivity index (χ4v) is 9.41. The Morgan fingerprint density at radius 3 is 2.77 bits per heavy atom. The maximum atomic E-state index is 13.7. The number of H-pyrrole nitrogens is 1. The number of aliphatic hydroxyl groups is 1. The van der Waals surface area contributed by atoms with Crippen molar-refractivity contribution in [3.05, 3.63) is 63.8 Å². The number of carbonyl (C=O) groups is 2. The Hall–Kier alpha value is -2.01. The van der Waals surface area contributed by atoms with Crippen molar-refractivity contribution in [3.8, 4) is 0 Å². The SMILES string of the molecule is NC(=O)c1[nH]c2ccc(Br)cc2c1S(=O)(=O)N1CCOC(C(=O)[As]C2c3ccccc3CC2O)C1. The quantitative estimate of drug-likeness (QED) is 0.354. The van der Waals surface area contributed by atoms with E-state index >= 15 is 0 Å². The van der Waals surface area contributed by atoms with Crippen molar-refractivity contribution in [2.75, 3.05) is 19.7 Å². The number of ether oxygens (including phenoxy) is 1. The molecule has 2 aliphatic rings. The van der Waals surface area contributed by atoms with E-state index in [2.05, 4.69) is 20.9 Å². The number of aromatic nitrogens is 1. The zero-order valence-electron chi connectivity index (χ0n) is 18.3. The molecule has 1 aliphatic heterocycles. The molecule has 12 heteroatoms. The molecule has 0 spiro atoms. The Labute approximate surface area is 216 Å². The number of nitrogens with zero attached hydrogens (tertiary/aromatic N) is 1. The summed E-state index contributed by atoms with van der Waals surface area (Å²) >= 11 is 2.35. The first-order valence-electron chi connectivity index (χ1n) is 10.9. The predicted octanol–water partition coefficient (Wildman–Crippen LogP) is 1.31. The van der Waals surface area contributed by atoms with Gasteiger partial charge in [0.2, 0.25) is 0 Å². The maximum absolute atomic E-state index is 13.7. The Balaban J connectivity index is 1.41. The van der Waals surface area contributed by atoms with Crippen LogP contribution in [0.25, 0.3) is 10.9 Å². The number of sulfonamides is 1. The van der Waals surface area contributed by atoms with Crippen molar-refractivity contribution in [2.24, 2.45) is 5.73 Å². The zero-order valence-corrected chi connectivity index (χ0v) is 22.6. The summed E-state index contributed by atoms with van der Waals surface area (Å²) in [5.41, 5.74) is 7.76. The number of aliphatic hydroxyl groups excluding tert-OH is 1. The topological polar surface area (TPSA) is 143 Å². The van der Waals surface area contributed by atoms with E-state index in [9.17, 15) is 23.1 Å². The Bertz CT molecular complexity index is 1440. The van der Waals surface area contributed by atoms with Crippen molar-refractivity contribution in [2.45, 2.75) is 28.2 Å². The van der Waals surface area contributed by atoms with Gasteiger partial charge in [-0.1, -0.05) is 0 Å². The van der Waals surface area contributed by atoms with Gasteiger partial charge >= 0.3 is 218 Å². The molecule has 1 aliphatic carbocycles. The van der Waals surface area contributed by atoms with Crippen LogP contribution in [0.5, 0.6) is 0 Å². The summed E-state index contributed by atoms with van der Waals surface area (Å²) < 4.78 is 34.5. The second-order valence-corrected chi connectivity index (χ2v) is 13.9. The third kappa shape index (κ3) is 4.50. The molecule has 9 nitrogen and oxygen atoms in total. The summed E-state index contributed by atoms with van der Waals surface area (Å²) in [6.07, 6.45) is -1.07. The van der Waals surface area contributed by atoms with Gasteiger partial charge in [-0.05, 0) is 0 Å². The number of carbonyl (C=O) groups excluding carboxylic acids is 2. The van der Waals surface area contributed by atoms with Crippen molar-refractivity contribution >= 4 is 63.1 Å². The van der Waals surface area contributed by atoms with E-state index in [1.165, 1.54) is 4.31 Å². The van der Waals surface area contributed by atoms with Crippen LogP contribution in [0, 0.1) is 0 Å². The van der Waals surface area contributed by atoms with Crippen LogP contribution < -0.4 is 5.73 Å². The molecule has 1 fully saturated rings. The number of hydrogen-bond acceptors (Lipinski definition) is 6. The summed E-state index contributed by atoms with van der Waals surface area (Å²) in [5, 5.41) is 10.9. The van der Waals surface area contributed by atoms with Gasteiger partial charge in [0, 0.05) is 0 Å². The molecule has 3 unspecified atom stereocenters. The van der Waals surface area contributed by atoms with Crippen LogP contribution in [0.4, 0.5) is 0 Å². The Kier molecular flexibility index (Phi) is 6.67. The number of fused-ring (bicyclic) bond motifs is 2. The van der Waals surface area contributed by atoms with Gasteiger partial charge in [0.05, 0.1) is 0 Å². The molecule has 3 aromatic rings. The van der Waals surface area contributed by atoms with Gasteiger partial charge in [-0.15, -0.1) is 0 Å². The van der Waals surface area contributed by atoms with Gasteiger partial charge in [0.25, 0.3) is 0 Å². The fraction of sp³-hybridized carbons (Fsp3) is 0.304. The molecular formula is C23H22AsBrN3O6S. The van der Waals surface area contributed by atoms with Crippen molar-refractivity contribution in [1.29, 1.82) is 0 Å². The van der Waals surface area contributed by atoms with Crippen molar-refractivity contribution in [3.63, 3.8) is 0 Å². The molecule has 1 radical (unpaired) electrons. The number of aromatic amines is 1. The Morgan fingerprint density at radius 2 is 2.00 bits per heavy atom. The second kappa shape index (κ2) is 9.46. The molecule has 2 aromatic carbocycles. The van der Waals surface area contributed by atoms with E-state index in [1.54, 1.807) is 18.2 Å². The first-order valence-corrected chi connectivity index (χ1v) is 15.2. The van der Waals surface area contributed by atoms with Gasteiger partial charge in [0.15, 0.2) is 0 Å². The van der Waals surface area contributed by atoms with Gasteiger partial charge < -0.3 is 0 Å². The standard InChI is InChI=1S/C23H22AsBrN3O6S/c25-13-5-6-16-15(10-13)21(20(27-16)23(26)31)35(32,33)28-7-8-34-18(11-28)22(30)24-19-14-4-2-1-3-12(14)9-17(19)29/h1-6,10,17-19,27,29H,7-9,11H2,(H2,26,31). The normalized spacial score (nSPS) is 23.2. The molecule has 35 heavy (non-hydrogen) atoms. The number of benzene rings is 2. The number of halogens is 1. The minimum absolute atomic E-state index is 0.0381. The van der Waals surface area contributed by atoms with Gasteiger partial charge in [-0.25, -0.2) is 0 Å². The van der Waals surface area contributed by atoms with Crippen molar-refractivity contribution < 1.29 is 27.9 Å². The summed E-state index contributed by atoms with van der Waals surface area (Å²) in [7, 11) is -4.18. The number of morpholine rings is 1. The molecule has 2 heterocycles. The van der Waals surface area contributed by atoms with Crippen LogP contribution in [0.15, 0.2) is 51.8 Å². The first-order chi connectivity index (χ1) is 16.7. The Morgan fingerprint density at radius 1 is 1.23 bits per heavy atom. The van der Waals surface area contributed by atoms with Gasteiger partial charge in [-0.2, -0.15) is 0 Å². The summed E-state index contributed by atoms with van der Waals surface area (Å²) in [5.74, 6) is -0.893. The van der Waals surface area contributed by atoms with E-state index < -0.39 is 43.9 Å². The van der Waals surface area contributed by atoms with Crippen LogP contribution in [-0.2, 0) is 26.0 Å². The molecule has 4 N–H and O–H groups in total. The molecule has 0 saturated carbocycles. The van der Waals surface area contributed by atoms with Crippen LogP contribution in [0.2, 0.25) is 0 Å². The summed E-state index contributed by atoms with van der Waals surface area (Å²) in [6, 6.07) is 12.7. The molecule has 5 rings (SSSR count). The van der Waals surface area contributed by atoms with Gasteiger partial charge in [0.1, 0.15) is 0 Å².